The Morgan fingerprint density at radius 1 is 1.37 bits per heavy atom. The van der Waals surface area contributed by atoms with Gasteiger partial charge in [-0.1, -0.05) is 32.3 Å². The third-order valence-corrected chi connectivity index (χ3v) is 4.89. The average Bonchev–Trinajstić information content (AvgIpc) is 2.61. The molecule has 1 amide bonds. The Morgan fingerprint density at radius 3 is 2.63 bits per heavy atom. The average molecular weight is 414 g/mol. The fraction of sp³-hybridized carbons (Fsp3) is 0.556. The number of methoxy groups -OCH3 is 1. The molecule has 0 aliphatic heterocycles. The van der Waals surface area contributed by atoms with Crippen LogP contribution in [0.1, 0.15) is 45.1 Å². The maximum Gasteiger partial charge on any atom is 0.316 e. The van der Waals surface area contributed by atoms with Gasteiger partial charge in [0.2, 0.25) is 5.91 Å². The molecule has 0 bridgehead atoms. The number of rotatable bonds is 9. The summed E-state index contributed by atoms with van der Waals surface area (Å²) in [4.78, 5) is 14.5. The molecule has 0 radical (unpaired) electrons. The van der Waals surface area contributed by atoms with Gasteiger partial charge < -0.3 is 10.1 Å². The minimum Gasteiger partial charge on any atom is -0.494 e. The van der Waals surface area contributed by atoms with Crippen molar-refractivity contribution in [2.45, 2.75) is 52.0 Å². The van der Waals surface area contributed by atoms with Gasteiger partial charge in [-0.15, -0.1) is 4.36 Å². The minimum absolute atomic E-state index is 0.0273. The number of benzene rings is 1. The van der Waals surface area contributed by atoms with Gasteiger partial charge in [0.05, 0.1) is 13.5 Å². The molecule has 0 spiro atoms. The fourth-order valence-corrected chi connectivity index (χ4v) is 3.34. The van der Waals surface area contributed by atoms with E-state index in [1.54, 1.807) is 24.1 Å². The molecule has 9 heteroatoms. The van der Waals surface area contributed by atoms with Crippen LogP contribution < -0.4 is 10.1 Å². The predicted octanol–water partition coefficient (Wildman–Crippen LogP) is 3.23. The highest BCUT2D eigenvalue weighted by atomic mass is 32.2. The molecule has 7 nitrogen and oxygen atoms in total. The van der Waals surface area contributed by atoms with Gasteiger partial charge in [-0.25, -0.2) is 0 Å². The second-order valence-corrected chi connectivity index (χ2v) is 7.16. The Bertz CT molecular complexity index is 786. The van der Waals surface area contributed by atoms with Crippen molar-refractivity contribution in [2.24, 2.45) is 4.36 Å². The first-order valence-electron chi connectivity index (χ1n) is 8.85. The number of unbranched alkanes of at least 4 members (excludes halogenated alkanes) is 2. The maximum absolute atomic E-state index is 12.9. The molecule has 1 aromatic rings. The zero-order chi connectivity index (χ0) is 20.4. The molecule has 1 N–H and O–H groups in total. The van der Waals surface area contributed by atoms with E-state index in [1.807, 2.05) is 6.92 Å². The topological polar surface area (TPSA) is 88.1 Å². The molecule has 150 valence electrons. The van der Waals surface area contributed by atoms with E-state index < -0.39 is 10.5 Å². The Hall–Kier alpha value is -2.00. The van der Waals surface area contributed by atoms with E-state index in [4.69, 9.17) is 17.0 Å². The molecule has 0 heterocycles. The summed E-state index contributed by atoms with van der Waals surface area (Å²) in [5.74, 6) is 0.170. The molecule has 0 aliphatic rings. The van der Waals surface area contributed by atoms with Crippen LogP contribution in [-0.4, -0.2) is 44.5 Å². The summed E-state index contributed by atoms with van der Waals surface area (Å²) in [5.41, 5.74) is 0.796. The summed E-state index contributed by atoms with van der Waals surface area (Å²) in [7, 11) is 0.508. The minimum atomic E-state index is -2.61. The Kier molecular flexibility index (Phi) is 9.95. The van der Waals surface area contributed by atoms with E-state index in [-0.39, 0.29) is 24.1 Å². The van der Waals surface area contributed by atoms with Crippen molar-refractivity contribution in [3.8, 4) is 5.75 Å². The molecule has 0 saturated carbocycles. The lowest BCUT2D eigenvalue weighted by Crippen LogP contribution is -2.48. The normalized spacial score (nSPS) is 11.4. The van der Waals surface area contributed by atoms with Gasteiger partial charge in [-0.3, -0.25) is 9.69 Å². The van der Waals surface area contributed by atoms with E-state index in [0.717, 1.165) is 25.7 Å². The first-order valence-corrected chi connectivity index (χ1v) is 10.3. The van der Waals surface area contributed by atoms with Crippen LogP contribution in [0.4, 0.5) is 5.69 Å². The van der Waals surface area contributed by atoms with Crippen LogP contribution in [0.5, 0.6) is 5.75 Å². The number of nitrogens with zero attached hydrogens (tertiary/aromatic N) is 2. The van der Waals surface area contributed by atoms with Gasteiger partial charge in [0.25, 0.3) is 0 Å². The third kappa shape index (κ3) is 7.26. The van der Waals surface area contributed by atoms with Crippen LogP contribution in [0, 0.1) is 0 Å². The molecular weight excluding hydrogens is 386 g/mol. The smallest absolute Gasteiger partial charge is 0.316 e. The number of hydrogen-bond donors (Lipinski definition) is 1. The maximum atomic E-state index is 12.9. The van der Waals surface area contributed by atoms with Crippen molar-refractivity contribution >= 4 is 39.4 Å². The first kappa shape index (κ1) is 23.0. The number of nitrogens with one attached hydrogen (secondary N) is 1. The quantitative estimate of drug-likeness (QED) is 0.494. The summed E-state index contributed by atoms with van der Waals surface area (Å²) in [6.07, 6.45) is 4.18. The van der Waals surface area contributed by atoms with Crippen LogP contribution in [0.15, 0.2) is 22.6 Å². The first-order chi connectivity index (χ1) is 12.8. The molecule has 1 aromatic carbocycles. The van der Waals surface area contributed by atoms with Gasteiger partial charge in [0.15, 0.2) is 5.11 Å². The summed E-state index contributed by atoms with van der Waals surface area (Å²) in [5, 5.41) is 3.25. The zero-order valence-corrected chi connectivity index (χ0v) is 17.8. The molecule has 0 saturated heterocycles. The summed E-state index contributed by atoms with van der Waals surface area (Å²) in [6, 6.07) is 4.82. The number of thiocarbonyl (C=S) groups is 1. The zero-order valence-electron chi connectivity index (χ0n) is 16.2. The van der Waals surface area contributed by atoms with Crippen molar-refractivity contribution < 1.29 is 17.9 Å². The summed E-state index contributed by atoms with van der Waals surface area (Å²) in [6.45, 7) is 4.11. The van der Waals surface area contributed by atoms with Crippen LogP contribution in [-0.2, 0) is 21.7 Å². The van der Waals surface area contributed by atoms with E-state index in [9.17, 15) is 13.2 Å². The van der Waals surface area contributed by atoms with Crippen molar-refractivity contribution in [2.75, 3.05) is 14.2 Å². The number of carbonyl (C=O) groups is 1. The molecule has 1 rings (SSSR count). The lowest BCUT2D eigenvalue weighted by Gasteiger charge is -2.29. The van der Waals surface area contributed by atoms with Crippen LogP contribution in [0.25, 0.3) is 0 Å². The molecule has 0 unspecified atom stereocenters. The number of carbonyl (C=O) groups excluding carboxylic acids is 1. The molecule has 0 aromatic heterocycles. The van der Waals surface area contributed by atoms with E-state index in [1.165, 1.54) is 13.2 Å². The highest BCUT2D eigenvalue weighted by Gasteiger charge is 2.23. The lowest BCUT2D eigenvalue weighted by atomic mass is 10.1. The van der Waals surface area contributed by atoms with Crippen molar-refractivity contribution in [1.29, 1.82) is 0 Å². The molecule has 0 fully saturated rings. The van der Waals surface area contributed by atoms with Crippen LogP contribution in [0.2, 0.25) is 0 Å². The number of amides is 1. The van der Waals surface area contributed by atoms with Crippen LogP contribution in [0.3, 0.4) is 0 Å². The van der Waals surface area contributed by atoms with E-state index >= 15 is 0 Å². The monoisotopic (exact) mass is 413 g/mol. The van der Waals surface area contributed by atoms with Gasteiger partial charge in [-0.05, 0) is 43.3 Å². The summed E-state index contributed by atoms with van der Waals surface area (Å²) >= 11 is 5.32. The highest BCUT2D eigenvalue weighted by Crippen LogP contribution is 2.28. The second-order valence-electron chi connectivity index (χ2n) is 6.16. The predicted molar refractivity (Wildman–Crippen MR) is 110 cm³/mol. The molecule has 27 heavy (non-hydrogen) atoms. The molecule has 0 aliphatic carbocycles. The van der Waals surface area contributed by atoms with E-state index in [2.05, 4.69) is 16.6 Å². The molecule has 1 atom stereocenters. The summed E-state index contributed by atoms with van der Waals surface area (Å²) < 4.78 is 30.4. The van der Waals surface area contributed by atoms with Crippen molar-refractivity contribution in [1.82, 2.24) is 10.2 Å². The van der Waals surface area contributed by atoms with Gasteiger partial charge in [-0.2, -0.15) is 8.42 Å². The van der Waals surface area contributed by atoms with Crippen molar-refractivity contribution in [3.63, 3.8) is 0 Å². The SMILES string of the molecule is CCCCC[C@H](C)N(C(=O)Cc1ccc(OC)c(N=S(=O)=O)c1)C(=S)NC. The standard InChI is InChI=1S/C18H27N3O4S2/c1-5-6-7-8-13(2)21(18(26)19-3)17(22)12-14-9-10-16(25-4)15(11-14)20-27(23)24/h9-11,13H,5-8,12H2,1-4H3,(H,19,26)/t13-/m0/s1. The third-order valence-electron chi connectivity index (χ3n) is 4.14. The van der Waals surface area contributed by atoms with Gasteiger partial charge in [0.1, 0.15) is 11.4 Å². The Morgan fingerprint density at radius 2 is 2.07 bits per heavy atom. The molecular formula is C18H27N3O4S2. The van der Waals surface area contributed by atoms with Crippen molar-refractivity contribution in [3.05, 3.63) is 23.8 Å². The van der Waals surface area contributed by atoms with Gasteiger partial charge >= 0.3 is 10.5 Å². The highest BCUT2D eigenvalue weighted by molar-refractivity contribution is 7.80. The largest absolute Gasteiger partial charge is 0.494 e. The Labute approximate surface area is 167 Å². The lowest BCUT2D eigenvalue weighted by molar-refractivity contribution is -0.128. The fourth-order valence-electron chi connectivity index (χ4n) is 2.76. The van der Waals surface area contributed by atoms with Crippen LogP contribution >= 0.6 is 12.2 Å². The second kappa shape index (κ2) is 11.7. The number of ether oxygens (including phenoxy) is 1. The number of hydrogen-bond acceptors (Lipinski definition) is 6. The Balaban J connectivity index is 3.04. The van der Waals surface area contributed by atoms with Gasteiger partial charge in [0, 0.05) is 13.1 Å². The van der Waals surface area contributed by atoms with E-state index in [0.29, 0.717) is 16.4 Å².